The quantitative estimate of drug-likeness (QED) is 0.699. The van der Waals surface area contributed by atoms with E-state index in [0.29, 0.717) is 29.7 Å². The topological polar surface area (TPSA) is 62.7 Å². The molecule has 0 spiro atoms. The summed E-state index contributed by atoms with van der Waals surface area (Å²) in [5.74, 6) is 0.769. The second-order valence-electron chi connectivity index (χ2n) is 5.60. The third-order valence-electron chi connectivity index (χ3n) is 3.47. The molecule has 0 amide bonds. The van der Waals surface area contributed by atoms with Gasteiger partial charge in [-0.1, -0.05) is 12.1 Å². The Labute approximate surface area is 148 Å². The van der Waals surface area contributed by atoms with Gasteiger partial charge in [0.2, 0.25) is 5.95 Å². The van der Waals surface area contributed by atoms with Crippen molar-refractivity contribution < 1.29 is 13.2 Å². The number of benzene rings is 1. The maximum absolute atomic E-state index is 12.8. The van der Waals surface area contributed by atoms with Crippen LogP contribution >= 0.6 is 0 Å². The highest BCUT2D eigenvalue weighted by atomic mass is 19.4. The number of hydrogen-bond acceptors (Lipinski definition) is 5. The highest BCUT2D eigenvalue weighted by Gasteiger charge is 2.30. The van der Waals surface area contributed by atoms with Crippen molar-refractivity contribution in [2.45, 2.75) is 19.6 Å². The van der Waals surface area contributed by atoms with Crippen LogP contribution in [0, 0.1) is 6.92 Å². The fourth-order valence-corrected chi connectivity index (χ4v) is 2.31. The van der Waals surface area contributed by atoms with Crippen molar-refractivity contribution in [2.75, 3.05) is 10.6 Å². The van der Waals surface area contributed by atoms with Gasteiger partial charge in [0.15, 0.2) is 0 Å². The Bertz CT molecular complexity index is 881. The monoisotopic (exact) mass is 359 g/mol. The van der Waals surface area contributed by atoms with Gasteiger partial charge in [0.25, 0.3) is 0 Å². The Kier molecular flexibility index (Phi) is 5.01. The van der Waals surface area contributed by atoms with E-state index in [1.54, 1.807) is 25.3 Å². The first-order chi connectivity index (χ1) is 12.4. The molecule has 0 bridgehead atoms. The van der Waals surface area contributed by atoms with Crippen LogP contribution in [0.15, 0.2) is 54.7 Å². The molecule has 0 aliphatic rings. The molecule has 5 nitrogen and oxygen atoms in total. The van der Waals surface area contributed by atoms with Crippen LogP contribution in [0.3, 0.4) is 0 Å². The molecule has 0 atom stereocenters. The highest BCUT2D eigenvalue weighted by molar-refractivity contribution is 5.58. The number of aromatic nitrogens is 3. The normalized spacial score (nSPS) is 11.2. The Hall–Kier alpha value is -3.16. The van der Waals surface area contributed by atoms with Crippen LogP contribution in [0.5, 0.6) is 0 Å². The zero-order chi connectivity index (χ0) is 18.6. The molecule has 2 aromatic heterocycles. The summed E-state index contributed by atoms with van der Waals surface area (Å²) < 4.78 is 38.5. The van der Waals surface area contributed by atoms with Crippen molar-refractivity contribution in [3.05, 3.63) is 71.7 Å². The summed E-state index contributed by atoms with van der Waals surface area (Å²) in [4.78, 5) is 12.8. The lowest BCUT2D eigenvalue weighted by atomic mass is 10.2. The number of nitrogens with one attached hydrogen (secondary N) is 2. The molecule has 0 saturated heterocycles. The molecule has 134 valence electrons. The third-order valence-corrected chi connectivity index (χ3v) is 3.47. The summed E-state index contributed by atoms with van der Waals surface area (Å²) in [6, 6.07) is 12.2. The van der Waals surface area contributed by atoms with Gasteiger partial charge in [0.05, 0.1) is 17.8 Å². The molecule has 0 aliphatic heterocycles. The number of nitrogens with zero attached hydrogens (tertiary/aromatic N) is 3. The van der Waals surface area contributed by atoms with Crippen LogP contribution in [0.2, 0.25) is 0 Å². The molecule has 0 saturated carbocycles. The van der Waals surface area contributed by atoms with E-state index in [1.807, 2.05) is 18.2 Å². The van der Waals surface area contributed by atoms with Crippen LogP contribution < -0.4 is 10.6 Å². The lowest BCUT2D eigenvalue weighted by molar-refractivity contribution is -0.137. The van der Waals surface area contributed by atoms with E-state index in [4.69, 9.17) is 0 Å². The molecule has 2 heterocycles. The molecule has 3 aromatic rings. The molecule has 0 unspecified atom stereocenters. The largest absolute Gasteiger partial charge is 0.416 e. The minimum Gasteiger partial charge on any atom is -0.349 e. The minimum absolute atomic E-state index is 0.300. The van der Waals surface area contributed by atoms with Gasteiger partial charge in [0.1, 0.15) is 5.82 Å². The Morgan fingerprint density at radius 3 is 2.58 bits per heavy atom. The molecule has 0 aliphatic carbocycles. The van der Waals surface area contributed by atoms with Crippen LogP contribution in [-0.2, 0) is 12.7 Å². The molecule has 0 fully saturated rings. The minimum atomic E-state index is -4.39. The zero-order valence-corrected chi connectivity index (χ0v) is 13.9. The SMILES string of the molecule is Cc1cc(Nc2cccc(C(F)(F)F)c2)nc(NCc2ccccn2)n1. The molecule has 1 aromatic carbocycles. The summed E-state index contributed by atoms with van der Waals surface area (Å²) in [7, 11) is 0. The van der Waals surface area contributed by atoms with E-state index in [2.05, 4.69) is 25.6 Å². The van der Waals surface area contributed by atoms with Gasteiger partial charge in [-0.2, -0.15) is 18.2 Å². The van der Waals surface area contributed by atoms with E-state index in [0.717, 1.165) is 17.8 Å². The first-order valence-electron chi connectivity index (χ1n) is 7.84. The number of alkyl halides is 3. The predicted molar refractivity (Wildman–Crippen MR) is 93.1 cm³/mol. The van der Waals surface area contributed by atoms with E-state index in [9.17, 15) is 13.2 Å². The van der Waals surface area contributed by atoms with Crippen molar-refractivity contribution in [3.63, 3.8) is 0 Å². The molecule has 26 heavy (non-hydrogen) atoms. The van der Waals surface area contributed by atoms with Gasteiger partial charge < -0.3 is 10.6 Å². The van der Waals surface area contributed by atoms with Crippen LogP contribution in [0.25, 0.3) is 0 Å². The number of rotatable bonds is 5. The summed E-state index contributed by atoms with van der Waals surface area (Å²) in [6.07, 6.45) is -2.70. The first kappa shape index (κ1) is 17.7. The highest BCUT2D eigenvalue weighted by Crippen LogP contribution is 2.31. The Balaban J connectivity index is 1.75. The zero-order valence-electron chi connectivity index (χ0n) is 13.9. The second kappa shape index (κ2) is 7.38. The fraction of sp³-hybridized carbons (Fsp3) is 0.167. The van der Waals surface area contributed by atoms with Crippen molar-refractivity contribution in [3.8, 4) is 0 Å². The van der Waals surface area contributed by atoms with E-state index in [-0.39, 0.29) is 0 Å². The smallest absolute Gasteiger partial charge is 0.349 e. The summed E-state index contributed by atoms with van der Waals surface area (Å²) in [5, 5.41) is 5.95. The number of pyridine rings is 1. The van der Waals surface area contributed by atoms with Crippen LogP contribution in [-0.4, -0.2) is 15.0 Å². The van der Waals surface area contributed by atoms with Gasteiger partial charge >= 0.3 is 6.18 Å². The van der Waals surface area contributed by atoms with Crippen molar-refractivity contribution in [1.29, 1.82) is 0 Å². The van der Waals surface area contributed by atoms with Crippen LogP contribution in [0.1, 0.15) is 17.0 Å². The fourth-order valence-electron chi connectivity index (χ4n) is 2.31. The van der Waals surface area contributed by atoms with Crippen molar-refractivity contribution in [2.24, 2.45) is 0 Å². The average molecular weight is 359 g/mol. The summed E-state index contributed by atoms with van der Waals surface area (Å²) in [5.41, 5.74) is 1.08. The number of anilines is 3. The van der Waals surface area contributed by atoms with Crippen LogP contribution in [0.4, 0.5) is 30.6 Å². The average Bonchev–Trinajstić information content (AvgIpc) is 2.60. The van der Waals surface area contributed by atoms with E-state index in [1.165, 1.54) is 6.07 Å². The third kappa shape index (κ3) is 4.69. The van der Waals surface area contributed by atoms with Gasteiger partial charge in [-0.15, -0.1) is 0 Å². The Morgan fingerprint density at radius 2 is 1.85 bits per heavy atom. The predicted octanol–water partition coefficient (Wildman–Crippen LogP) is 4.55. The maximum atomic E-state index is 12.8. The van der Waals surface area contributed by atoms with Crippen molar-refractivity contribution >= 4 is 17.5 Å². The lowest BCUT2D eigenvalue weighted by Crippen LogP contribution is -2.08. The molecule has 0 radical (unpaired) electrons. The number of halogens is 3. The van der Waals surface area contributed by atoms with Crippen molar-refractivity contribution in [1.82, 2.24) is 15.0 Å². The molecule has 8 heteroatoms. The molecule has 3 rings (SSSR count). The van der Waals surface area contributed by atoms with Gasteiger partial charge in [-0.3, -0.25) is 4.98 Å². The van der Waals surface area contributed by atoms with Gasteiger partial charge in [-0.05, 0) is 37.3 Å². The summed E-state index contributed by atoms with van der Waals surface area (Å²) in [6.45, 7) is 2.22. The maximum Gasteiger partial charge on any atom is 0.416 e. The van der Waals surface area contributed by atoms with Gasteiger partial charge in [-0.25, -0.2) is 4.98 Å². The lowest BCUT2D eigenvalue weighted by Gasteiger charge is -2.12. The standard InChI is InChI=1S/C18H16F3N5/c1-12-9-16(25-14-7-4-5-13(10-14)18(19,20)21)26-17(24-12)23-11-15-6-2-3-8-22-15/h2-10H,11H2,1H3,(H2,23,24,25,26). The Morgan fingerprint density at radius 1 is 1.00 bits per heavy atom. The van der Waals surface area contributed by atoms with Gasteiger partial charge in [0, 0.05) is 23.6 Å². The number of aryl methyl sites for hydroxylation is 1. The van der Waals surface area contributed by atoms with E-state index >= 15 is 0 Å². The molecular weight excluding hydrogens is 343 g/mol. The molecule has 2 N–H and O–H groups in total. The number of hydrogen-bond donors (Lipinski definition) is 2. The summed E-state index contributed by atoms with van der Waals surface area (Å²) >= 11 is 0. The second-order valence-corrected chi connectivity index (χ2v) is 5.60. The first-order valence-corrected chi connectivity index (χ1v) is 7.84. The van der Waals surface area contributed by atoms with E-state index < -0.39 is 11.7 Å². The molecular formula is C18H16F3N5.